The van der Waals surface area contributed by atoms with Gasteiger partial charge in [-0.1, -0.05) is 46.8 Å². The van der Waals surface area contributed by atoms with Gasteiger partial charge in [-0.2, -0.15) is 0 Å². The Morgan fingerprint density at radius 2 is 2.09 bits per heavy atom. The lowest BCUT2D eigenvalue weighted by atomic mass is 10.1. The first-order chi connectivity index (χ1) is 15.9. The Kier molecular flexibility index (Phi) is 7.32. The molecule has 0 bridgehead atoms. The number of H-pyrrole nitrogens is 1. The maximum Gasteiger partial charge on any atom is 0.255 e. The fraction of sp³-hybridized carbons (Fsp3) is 0.217. The van der Waals surface area contributed by atoms with E-state index in [0.717, 1.165) is 21.5 Å². The molecule has 4 rings (SSSR count). The maximum atomic E-state index is 12.6. The van der Waals surface area contributed by atoms with E-state index in [9.17, 15) is 9.59 Å². The zero-order chi connectivity index (χ0) is 23.4. The third-order valence-corrected chi connectivity index (χ3v) is 6.83. The number of thioether (sulfide) groups is 1. The number of hydrogen-bond donors (Lipinski definition) is 2. The number of rotatable bonds is 8. The van der Waals surface area contributed by atoms with E-state index < -0.39 is 0 Å². The normalized spacial score (nSPS) is 11.0. The number of nitrogens with one attached hydrogen (secondary N) is 2. The summed E-state index contributed by atoms with van der Waals surface area (Å²) >= 11 is 8.78. The Bertz CT molecular complexity index is 1370. The summed E-state index contributed by atoms with van der Waals surface area (Å²) in [5.74, 6) is 1.05. The number of hydrogen-bond acceptors (Lipinski definition) is 7. The molecule has 2 aromatic carbocycles. The van der Waals surface area contributed by atoms with Crippen LogP contribution < -0.4 is 15.6 Å². The van der Waals surface area contributed by atoms with Crippen molar-refractivity contribution in [3.63, 3.8) is 0 Å². The molecule has 33 heavy (non-hydrogen) atoms. The van der Waals surface area contributed by atoms with Crippen molar-refractivity contribution < 1.29 is 9.53 Å². The van der Waals surface area contributed by atoms with E-state index in [1.807, 2.05) is 49.4 Å². The highest BCUT2D eigenvalue weighted by molar-refractivity contribution is 7.98. The molecule has 0 unspecified atom stereocenters. The van der Waals surface area contributed by atoms with E-state index in [-0.39, 0.29) is 17.9 Å². The lowest BCUT2D eigenvalue weighted by molar-refractivity contribution is -0.115. The molecular weight excluding hydrogens is 480 g/mol. The molecular formula is C23H21ClN4O3S2. The number of carbonyl (C=O) groups excluding carboxylic acids is 1. The molecule has 7 nitrogen and oxygen atoms in total. The summed E-state index contributed by atoms with van der Waals surface area (Å²) in [6.45, 7) is 4.23. The van der Waals surface area contributed by atoms with Crippen LogP contribution in [0, 0.1) is 6.92 Å². The van der Waals surface area contributed by atoms with Crippen molar-refractivity contribution in [3.8, 4) is 5.75 Å². The van der Waals surface area contributed by atoms with Gasteiger partial charge < -0.3 is 15.0 Å². The van der Waals surface area contributed by atoms with Gasteiger partial charge >= 0.3 is 0 Å². The second kappa shape index (κ2) is 10.4. The van der Waals surface area contributed by atoms with Crippen molar-refractivity contribution in [2.24, 2.45) is 0 Å². The smallest absolute Gasteiger partial charge is 0.255 e. The average Bonchev–Trinajstić information content (AvgIpc) is 3.16. The van der Waals surface area contributed by atoms with Crippen LogP contribution in [0.3, 0.4) is 0 Å². The number of halogens is 1. The van der Waals surface area contributed by atoms with E-state index in [2.05, 4.69) is 20.3 Å². The van der Waals surface area contributed by atoms with Crippen LogP contribution in [0.25, 0.3) is 10.2 Å². The number of aryl methyl sites for hydroxylation is 1. The van der Waals surface area contributed by atoms with Gasteiger partial charge in [0.15, 0.2) is 10.3 Å². The minimum Gasteiger partial charge on any atom is -0.494 e. The highest BCUT2D eigenvalue weighted by Crippen LogP contribution is 2.29. The van der Waals surface area contributed by atoms with E-state index >= 15 is 0 Å². The third kappa shape index (κ3) is 5.93. The molecule has 0 radical (unpaired) electrons. The maximum absolute atomic E-state index is 12.6. The lowest BCUT2D eigenvalue weighted by Crippen LogP contribution is -2.23. The molecule has 0 aliphatic rings. The number of amides is 1. The first kappa shape index (κ1) is 23.3. The van der Waals surface area contributed by atoms with Crippen molar-refractivity contribution in [1.29, 1.82) is 0 Å². The quantitative estimate of drug-likeness (QED) is 0.254. The Morgan fingerprint density at radius 1 is 1.24 bits per heavy atom. The van der Waals surface area contributed by atoms with Crippen molar-refractivity contribution in [1.82, 2.24) is 15.0 Å². The third-order valence-electron chi connectivity index (χ3n) is 4.72. The summed E-state index contributed by atoms with van der Waals surface area (Å²) in [6.07, 6.45) is -0.0898. The largest absolute Gasteiger partial charge is 0.494 e. The zero-order valence-electron chi connectivity index (χ0n) is 18.0. The molecule has 170 valence electrons. The van der Waals surface area contributed by atoms with Crippen LogP contribution in [0.5, 0.6) is 5.75 Å². The molecule has 0 fully saturated rings. The van der Waals surface area contributed by atoms with Crippen LogP contribution >= 0.6 is 34.7 Å². The van der Waals surface area contributed by atoms with Crippen LogP contribution in [0.2, 0.25) is 5.02 Å². The first-order valence-corrected chi connectivity index (χ1v) is 12.4. The second-order valence-corrected chi connectivity index (χ2v) is 9.59. The molecule has 4 aromatic rings. The summed E-state index contributed by atoms with van der Waals surface area (Å²) in [5, 5.41) is 4.41. The summed E-state index contributed by atoms with van der Waals surface area (Å²) < 4.78 is 6.42. The van der Waals surface area contributed by atoms with Crippen LogP contribution in [-0.4, -0.2) is 27.5 Å². The Labute approximate surface area is 203 Å². The summed E-state index contributed by atoms with van der Waals surface area (Å²) in [6, 6.07) is 13.1. The molecule has 0 aliphatic heterocycles. The Morgan fingerprint density at radius 3 is 2.85 bits per heavy atom. The lowest BCUT2D eigenvalue weighted by Gasteiger charge is -2.07. The molecule has 2 aromatic heterocycles. The topological polar surface area (TPSA) is 97.0 Å². The first-order valence-electron chi connectivity index (χ1n) is 10.2. The summed E-state index contributed by atoms with van der Waals surface area (Å²) in [4.78, 5) is 36.9. The molecule has 10 heteroatoms. The van der Waals surface area contributed by atoms with Crippen LogP contribution in [0.4, 0.5) is 5.13 Å². The highest BCUT2D eigenvalue weighted by Gasteiger charge is 2.15. The van der Waals surface area contributed by atoms with Gasteiger partial charge in [-0.25, -0.2) is 9.97 Å². The Hall–Kier alpha value is -2.88. The van der Waals surface area contributed by atoms with Gasteiger partial charge in [0, 0.05) is 22.0 Å². The number of thiazole rings is 1. The van der Waals surface area contributed by atoms with Crippen LogP contribution in [-0.2, 0) is 17.0 Å². The summed E-state index contributed by atoms with van der Waals surface area (Å²) in [7, 11) is 0. The average molecular weight is 501 g/mol. The number of nitrogens with zero attached hydrogens (tertiary/aromatic N) is 2. The fourth-order valence-electron chi connectivity index (χ4n) is 3.18. The van der Waals surface area contributed by atoms with Crippen LogP contribution in [0.1, 0.15) is 23.7 Å². The predicted octanol–water partition coefficient (Wildman–Crippen LogP) is 5.21. The van der Waals surface area contributed by atoms with Gasteiger partial charge in [-0.05, 0) is 49.7 Å². The number of ether oxygens (including phenoxy) is 1. The molecule has 0 atom stereocenters. The van der Waals surface area contributed by atoms with Crippen molar-refractivity contribution in [2.45, 2.75) is 31.2 Å². The minimum atomic E-state index is -0.325. The molecule has 1 amide bonds. The number of fused-ring (bicyclic) bond motifs is 1. The van der Waals surface area contributed by atoms with Gasteiger partial charge in [0.05, 0.1) is 23.2 Å². The van der Waals surface area contributed by atoms with Crippen molar-refractivity contribution in [3.05, 3.63) is 74.7 Å². The molecule has 2 heterocycles. The number of carbonyl (C=O) groups is 1. The van der Waals surface area contributed by atoms with E-state index in [1.165, 1.54) is 23.1 Å². The van der Waals surface area contributed by atoms with E-state index in [0.29, 0.717) is 38.9 Å². The number of aromatic nitrogens is 3. The minimum absolute atomic E-state index is 0.0898. The standard InChI is InChI=1S/C23H21ClN4O3S2/c1-3-31-16-7-8-18-19(10-16)33-23(26-18)27-20(29)11-17-13(2)25-22(28-21(17)30)32-12-14-5-4-6-15(24)9-14/h4-10H,3,11-12H2,1-2H3,(H,25,28,30)(H,26,27,29). The second-order valence-electron chi connectivity index (χ2n) is 7.16. The van der Waals surface area contributed by atoms with E-state index in [1.54, 1.807) is 6.92 Å². The number of anilines is 1. The molecule has 0 saturated heterocycles. The molecule has 2 N–H and O–H groups in total. The van der Waals surface area contributed by atoms with E-state index in [4.69, 9.17) is 16.3 Å². The van der Waals surface area contributed by atoms with Gasteiger partial charge in [0.1, 0.15) is 5.75 Å². The Balaban J connectivity index is 1.42. The van der Waals surface area contributed by atoms with Crippen molar-refractivity contribution in [2.75, 3.05) is 11.9 Å². The fourth-order valence-corrected chi connectivity index (χ4v) is 5.15. The van der Waals surface area contributed by atoms with Gasteiger partial charge in [0.2, 0.25) is 5.91 Å². The monoisotopic (exact) mass is 500 g/mol. The molecule has 0 aliphatic carbocycles. The highest BCUT2D eigenvalue weighted by atomic mass is 35.5. The zero-order valence-corrected chi connectivity index (χ0v) is 20.4. The summed E-state index contributed by atoms with van der Waals surface area (Å²) in [5.41, 5.74) is 2.33. The van der Waals surface area contributed by atoms with Gasteiger partial charge in [-0.3, -0.25) is 9.59 Å². The van der Waals surface area contributed by atoms with Gasteiger partial charge in [0.25, 0.3) is 5.56 Å². The van der Waals surface area contributed by atoms with Gasteiger partial charge in [-0.15, -0.1) is 0 Å². The number of aromatic amines is 1. The molecule has 0 spiro atoms. The SMILES string of the molecule is CCOc1ccc2nc(NC(=O)Cc3c(C)nc(SCc4cccc(Cl)c4)[nH]c3=O)sc2c1. The van der Waals surface area contributed by atoms with Crippen molar-refractivity contribution >= 4 is 56.0 Å². The predicted molar refractivity (Wildman–Crippen MR) is 134 cm³/mol. The molecule has 0 saturated carbocycles. The number of benzene rings is 2. The van der Waals surface area contributed by atoms with Crippen LogP contribution in [0.15, 0.2) is 52.4 Å².